The van der Waals surface area contributed by atoms with Crippen molar-refractivity contribution >= 4 is 21.6 Å². The van der Waals surface area contributed by atoms with Gasteiger partial charge in [-0.15, -0.1) is 0 Å². The maximum atomic E-state index is 9.31. The molecule has 0 saturated carbocycles. The Kier molecular flexibility index (Phi) is 4.84. The van der Waals surface area contributed by atoms with E-state index < -0.39 is 0 Å². The molecule has 0 atom stereocenters. The minimum atomic E-state index is 0.605. The van der Waals surface area contributed by atoms with Crippen molar-refractivity contribution in [1.82, 2.24) is 4.90 Å². The number of hydrogen-bond acceptors (Lipinski definition) is 3. The van der Waals surface area contributed by atoms with Crippen molar-refractivity contribution < 1.29 is 0 Å². The first-order chi connectivity index (χ1) is 9.15. The largest absolute Gasteiger partial charge is 0.368 e. The Bertz CT molecular complexity index is 471. The van der Waals surface area contributed by atoms with E-state index in [1.54, 1.807) is 0 Å². The van der Waals surface area contributed by atoms with Crippen LogP contribution in [0.25, 0.3) is 0 Å². The second kappa shape index (κ2) is 6.40. The highest BCUT2D eigenvalue weighted by atomic mass is 79.9. The number of nitrogens with zero attached hydrogens (tertiary/aromatic N) is 3. The molecule has 1 saturated heterocycles. The number of halogens is 1. The number of rotatable bonds is 3. The zero-order valence-electron chi connectivity index (χ0n) is 11.6. The number of piperazine rings is 1. The number of anilines is 1. The minimum absolute atomic E-state index is 0.605. The molecule has 4 heteroatoms. The van der Waals surface area contributed by atoms with Crippen LogP contribution in [0.5, 0.6) is 0 Å². The predicted molar refractivity (Wildman–Crippen MR) is 82.7 cm³/mol. The molecule has 1 aliphatic heterocycles. The summed E-state index contributed by atoms with van der Waals surface area (Å²) in [5.41, 5.74) is 3.02. The maximum absolute atomic E-state index is 9.31. The maximum Gasteiger partial charge on any atom is 0.101 e. The quantitative estimate of drug-likeness (QED) is 0.802. The number of nitriles is 1. The van der Waals surface area contributed by atoms with Gasteiger partial charge < -0.3 is 4.90 Å². The topological polar surface area (TPSA) is 30.3 Å². The monoisotopic (exact) mass is 321 g/mol. The molecule has 3 nitrogen and oxygen atoms in total. The molecule has 2 rings (SSSR count). The Hall–Kier alpha value is -1.05. The molecular formula is C15H20BrN3. The van der Waals surface area contributed by atoms with Gasteiger partial charge in [0.05, 0.1) is 11.3 Å². The zero-order chi connectivity index (χ0) is 13.8. The second-order valence-electron chi connectivity index (χ2n) is 5.21. The van der Waals surface area contributed by atoms with Crippen LogP contribution < -0.4 is 4.90 Å². The van der Waals surface area contributed by atoms with Gasteiger partial charge in [-0.2, -0.15) is 5.26 Å². The molecule has 19 heavy (non-hydrogen) atoms. The molecule has 1 heterocycles. The number of alkyl halides is 1. The van der Waals surface area contributed by atoms with Crippen LogP contribution in [-0.2, 0) is 5.33 Å². The highest BCUT2D eigenvalue weighted by Crippen LogP contribution is 2.24. The molecule has 1 aromatic rings. The van der Waals surface area contributed by atoms with E-state index in [4.69, 9.17) is 0 Å². The van der Waals surface area contributed by atoms with Crippen molar-refractivity contribution in [3.8, 4) is 6.07 Å². The summed E-state index contributed by atoms with van der Waals surface area (Å²) in [6.07, 6.45) is 0. The molecule has 0 aliphatic carbocycles. The Labute approximate surface area is 123 Å². The van der Waals surface area contributed by atoms with Crippen molar-refractivity contribution in [3.05, 3.63) is 29.3 Å². The lowest BCUT2D eigenvalue weighted by Crippen LogP contribution is -2.49. The van der Waals surface area contributed by atoms with Gasteiger partial charge in [-0.25, -0.2) is 0 Å². The van der Waals surface area contributed by atoms with Crippen LogP contribution in [-0.4, -0.2) is 37.1 Å². The average molecular weight is 322 g/mol. The van der Waals surface area contributed by atoms with Gasteiger partial charge in [-0.3, -0.25) is 4.90 Å². The molecule has 102 valence electrons. The highest BCUT2D eigenvalue weighted by Gasteiger charge is 2.20. The fraction of sp³-hybridized carbons (Fsp3) is 0.533. The normalized spacial score (nSPS) is 16.7. The first-order valence-electron chi connectivity index (χ1n) is 6.73. The zero-order valence-corrected chi connectivity index (χ0v) is 13.2. The Morgan fingerprint density at radius 2 is 1.95 bits per heavy atom. The van der Waals surface area contributed by atoms with E-state index in [1.165, 1.54) is 0 Å². The first-order valence-corrected chi connectivity index (χ1v) is 7.86. The van der Waals surface area contributed by atoms with Gasteiger partial charge in [0.2, 0.25) is 0 Å². The SMILES string of the molecule is CC(C)N1CCN(c2ccc(CBr)cc2C#N)CC1. The molecule has 1 aliphatic rings. The van der Waals surface area contributed by atoms with E-state index >= 15 is 0 Å². The van der Waals surface area contributed by atoms with Gasteiger partial charge in [-0.05, 0) is 31.5 Å². The van der Waals surface area contributed by atoms with Gasteiger partial charge in [0.25, 0.3) is 0 Å². The van der Waals surface area contributed by atoms with E-state index in [1.807, 2.05) is 6.07 Å². The lowest BCUT2D eigenvalue weighted by atomic mass is 10.1. The Morgan fingerprint density at radius 3 is 2.47 bits per heavy atom. The van der Waals surface area contributed by atoms with Gasteiger partial charge in [0, 0.05) is 37.6 Å². The third-order valence-corrected chi connectivity index (χ3v) is 4.37. The van der Waals surface area contributed by atoms with Crippen molar-refractivity contribution in [2.24, 2.45) is 0 Å². The van der Waals surface area contributed by atoms with E-state index in [2.05, 4.69) is 57.8 Å². The van der Waals surface area contributed by atoms with E-state index in [0.29, 0.717) is 6.04 Å². The van der Waals surface area contributed by atoms with Crippen molar-refractivity contribution in [2.75, 3.05) is 31.1 Å². The van der Waals surface area contributed by atoms with Gasteiger partial charge >= 0.3 is 0 Å². The summed E-state index contributed by atoms with van der Waals surface area (Å²) in [4.78, 5) is 4.81. The molecule has 0 unspecified atom stereocenters. The summed E-state index contributed by atoms with van der Waals surface area (Å²) < 4.78 is 0. The summed E-state index contributed by atoms with van der Waals surface area (Å²) in [5, 5.41) is 10.1. The van der Waals surface area contributed by atoms with Crippen molar-refractivity contribution in [3.63, 3.8) is 0 Å². The van der Waals surface area contributed by atoms with Crippen LogP contribution in [0.3, 0.4) is 0 Å². The first kappa shape index (κ1) is 14.4. The summed E-state index contributed by atoms with van der Waals surface area (Å²) in [5.74, 6) is 0. The van der Waals surface area contributed by atoms with Crippen molar-refractivity contribution in [2.45, 2.75) is 25.2 Å². The highest BCUT2D eigenvalue weighted by molar-refractivity contribution is 9.08. The summed E-state index contributed by atoms with van der Waals surface area (Å²) in [6.45, 7) is 8.62. The summed E-state index contributed by atoms with van der Waals surface area (Å²) >= 11 is 3.44. The molecule has 0 aromatic heterocycles. The van der Waals surface area contributed by atoms with Crippen LogP contribution >= 0.6 is 15.9 Å². The van der Waals surface area contributed by atoms with Gasteiger partial charge in [0.1, 0.15) is 6.07 Å². The summed E-state index contributed by atoms with van der Waals surface area (Å²) in [6, 6.07) is 9.10. The van der Waals surface area contributed by atoms with Gasteiger partial charge in [-0.1, -0.05) is 22.0 Å². The molecule has 1 fully saturated rings. The molecular weight excluding hydrogens is 302 g/mol. The van der Waals surface area contributed by atoms with Gasteiger partial charge in [0.15, 0.2) is 0 Å². The predicted octanol–water partition coefficient (Wildman–Crippen LogP) is 2.98. The number of benzene rings is 1. The standard InChI is InChI=1S/C15H20BrN3/c1-12(2)18-5-7-19(8-6-18)15-4-3-13(10-16)9-14(15)11-17/h3-4,9,12H,5-8,10H2,1-2H3. The fourth-order valence-corrected chi connectivity index (χ4v) is 2.86. The number of hydrogen-bond donors (Lipinski definition) is 0. The molecule has 0 spiro atoms. The van der Waals surface area contributed by atoms with Crippen LogP contribution in [0, 0.1) is 11.3 Å². The van der Waals surface area contributed by atoms with Crippen molar-refractivity contribution in [1.29, 1.82) is 5.26 Å². The average Bonchev–Trinajstić information content (AvgIpc) is 2.46. The lowest BCUT2D eigenvalue weighted by molar-refractivity contribution is 0.209. The third-order valence-electron chi connectivity index (χ3n) is 3.72. The molecule has 0 bridgehead atoms. The molecule has 0 amide bonds. The summed E-state index contributed by atoms with van der Waals surface area (Å²) in [7, 11) is 0. The third kappa shape index (κ3) is 3.29. The fourth-order valence-electron chi connectivity index (χ4n) is 2.51. The van der Waals surface area contributed by atoms with E-state index in [0.717, 1.165) is 48.3 Å². The lowest BCUT2D eigenvalue weighted by Gasteiger charge is -2.38. The van der Waals surface area contributed by atoms with Crippen LogP contribution in [0.15, 0.2) is 18.2 Å². The van der Waals surface area contributed by atoms with Crippen LogP contribution in [0.4, 0.5) is 5.69 Å². The Balaban J connectivity index is 2.13. The smallest absolute Gasteiger partial charge is 0.101 e. The van der Waals surface area contributed by atoms with Crippen LogP contribution in [0.2, 0.25) is 0 Å². The second-order valence-corrected chi connectivity index (χ2v) is 5.77. The van der Waals surface area contributed by atoms with Crippen LogP contribution in [0.1, 0.15) is 25.0 Å². The molecule has 0 radical (unpaired) electrons. The minimum Gasteiger partial charge on any atom is -0.368 e. The van der Waals surface area contributed by atoms with E-state index in [9.17, 15) is 5.26 Å². The Morgan fingerprint density at radius 1 is 1.26 bits per heavy atom. The molecule has 1 aromatic carbocycles. The molecule has 0 N–H and O–H groups in total. The van der Waals surface area contributed by atoms with E-state index in [-0.39, 0.29) is 0 Å².